The number of aldehydes is 1. The van der Waals surface area contributed by atoms with Crippen LogP contribution in [0.25, 0.3) is 0 Å². The molecule has 2 aliphatic heterocycles. The van der Waals surface area contributed by atoms with E-state index in [4.69, 9.17) is 24.4 Å². The van der Waals surface area contributed by atoms with Crippen molar-refractivity contribution in [1.82, 2.24) is 10.6 Å². The van der Waals surface area contributed by atoms with Gasteiger partial charge in [-0.3, -0.25) is 9.59 Å². The molecule has 0 saturated carbocycles. The average Bonchev–Trinajstić information content (AvgIpc) is 3.48. The molecule has 4 rings (SSSR count). The van der Waals surface area contributed by atoms with E-state index < -0.39 is 23.9 Å². The number of hydrogen-bond donors (Lipinski definition) is 2. The van der Waals surface area contributed by atoms with Crippen LogP contribution >= 0.6 is 24.4 Å². The van der Waals surface area contributed by atoms with E-state index in [1.54, 1.807) is 0 Å². The molecular weight excluding hydrogens is 440 g/mol. The summed E-state index contributed by atoms with van der Waals surface area (Å²) in [5.41, 5.74) is 2.97. The molecular formula is C25H30N2O3S2. The van der Waals surface area contributed by atoms with Gasteiger partial charge in [0, 0.05) is 29.2 Å². The third kappa shape index (κ3) is 4.96. The van der Waals surface area contributed by atoms with Gasteiger partial charge in [-0.15, -0.1) is 0 Å². The van der Waals surface area contributed by atoms with Crippen molar-refractivity contribution >= 4 is 52.0 Å². The molecule has 2 heterocycles. The minimum atomic E-state index is -0.669. The number of carbonyl (C=O) groups is 3. The first-order valence-electron chi connectivity index (χ1n) is 11.6. The number of fused-ring (bicyclic) bond motifs is 1. The molecule has 0 spiro atoms. The van der Waals surface area contributed by atoms with Crippen LogP contribution in [0.2, 0.25) is 0 Å². The average molecular weight is 471 g/mol. The highest BCUT2D eigenvalue weighted by atomic mass is 32.1. The van der Waals surface area contributed by atoms with E-state index in [0.717, 1.165) is 25.5 Å². The lowest BCUT2D eigenvalue weighted by molar-refractivity contribution is -0.129. The molecule has 0 radical (unpaired) electrons. The fraction of sp³-hybridized carbons (Fsp3) is 0.560. The van der Waals surface area contributed by atoms with Crippen LogP contribution in [0.5, 0.6) is 0 Å². The molecule has 32 heavy (non-hydrogen) atoms. The van der Waals surface area contributed by atoms with Crippen LogP contribution in [-0.4, -0.2) is 52.8 Å². The number of nitrogens with one attached hydrogen (secondary N) is 2. The van der Waals surface area contributed by atoms with Crippen LogP contribution in [0.1, 0.15) is 43.2 Å². The zero-order valence-electron chi connectivity index (χ0n) is 18.2. The Kier molecular flexibility index (Phi) is 7.71. The van der Waals surface area contributed by atoms with Gasteiger partial charge in [-0.2, -0.15) is 0 Å². The van der Waals surface area contributed by atoms with Crippen LogP contribution in [0, 0.1) is 17.8 Å². The smallest absolute Gasteiger partial charge is 0.160 e. The Morgan fingerprint density at radius 2 is 1.59 bits per heavy atom. The Balaban J connectivity index is 1.24. The van der Waals surface area contributed by atoms with Crippen molar-refractivity contribution in [2.75, 3.05) is 13.1 Å². The summed E-state index contributed by atoms with van der Waals surface area (Å²) < 4.78 is 0. The minimum absolute atomic E-state index is 0.0335. The summed E-state index contributed by atoms with van der Waals surface area (Å²) in [5, 5.41) is 6.08. The second kappa shape index (κ2) is 10.5. The van der Waals surface area contributed by atoms with Gasteiger partial charge in [0.05, 0.1) is 23.9 Å². The number of hydrogen-bond acceptors (Lipinski definition) is 7. The van der Waals surface area contributed by atoms with Crippen LogP contribution in [0.3, 0.4) is 0 Å². The lowest BCUT2D eigenvalue weighted by Crippen LogP contribution is -2.47. The van der Waals surface area contributed by atoms with E-state index in [1.807, 2.05) is 0 Å². The van der Waals surface area contributed by atoms with Gasteiger partial charge in [0.2, 0.25) is 0 Å². The SMILES string of the molecule is O=C[C@H]1NCC(=S)C1C(=O)[C@H]1NCC(=S)C1C(=O)CCCCCC1Cc2ccccc2C1. The predicted molar refractivity (Wildman–Crippen MR) is 132 cm³/mol. The second-order valence-electron chi connectivity index (χ2n) is 9.30. The Labute approximate surface area is 200 Å². The third-order valence-electron chi connectivity index (χ3n) is 7.17. The van der Waals surface area contributed by atoms with Crippen molar-refractivity contribution in [3.63, 3.8) is 0 Å². The molecule has 5 nitrogen and oxygen atoms in total. The molecule has 170 valence electrons. The van der Waals surface area contributed by atoms with E-state index in [2.05, 4.69) is 34.9 Å². The molecule has 2 saturated heterocycles. The van der Waals surface area contributed by atoms with Crippen LogP contribution in [0.15, 0.2) is 24.3 Å². The summed E-state index contributed by atoms with van der Waals surface area (Å²) in [7, 11) is 0. The van der Waals surface area contributed by atoms with E-state index in [9.17, 15) is 14.4 Å². The Morgan fingerprint density at radius 3 is 2.28 bits per heavy atom. The van der Waals surface area contributed by atoms with E-state index in [1.165, 1.54) is 30.4 Å². The second-order valence-corrected chi connectivity index (χ2v) is 10.3. The van der Waals surface area contributed by atoms with Crippen molar-refractivity contribution in [2.45, 2.75) is 57.0 Å². The van der Waals surface area contributed by atoms with Gasteiger partial charge in [0.25, 0.3) is 0 Å². The first kappa shape index (κ1) is 23.5. The van der Waals surface area contributed by atoms with Gasteiger partial charge in [0.1, 0.15) is 12.1 Å². The number of ketones is 2. The summed E-state index contributed by atoms with van der Waals surface area (Å²) in [6.45, 7) is 0.750. The first-order valence-corrected chi connectivity index (χ1v) is 12.4. The van der Waals surface area contributed by atoms with Crippen LogP contribution in [-0.2, 0) is 27.2 Å². The molecule has 2 unspecified atom stereocenters. The molecule has 3 aliphatic rings. The fourth-order valence-corrected chi connectivity index (χ4v) is 6.17. The fourth-order valence-electron chi connectivity index (χ4n) is 5.48. The Bertz CT molecular complexity index is 907. The van der Waals surface area contributed by atoms with Gasteiger partial charge in [-0.05, 0) is 42.7 Å². The molecule has 4 atom stereocenters. The molecule has 1 aromatic carbocycles. The summed E-state index contributed by atoms with van der Waals surface area (Å²) >= 11 is 10.7. The summed E-state index contributed by atoms with van der Waals surface area (Å²) in [4.78, 5) is 38.6. The normalized spacial score (nSPS) is 27.6. The summed E-state index contributed by atoms with van der Waals surface area (Å²) in [6, 6.07) is 7.42. The van der Waals surface area contributed by atoms with Gasteiger partial charge >= 0.3 is 0 Å². The molecule has 0 amide bonds. The number of rotatable bonds is 10. The standard InChI is InChI=1S/C25H30N2O3S2/c28-14-18-22(20(31)12-26-18)25(30)24-23(21(32)13-27-24)19(29)9-3-1-2-6-15-10-16-7-4-5-8-17(16)11-15/h4-5,7-8,14-15,18,22-24,26-27H,1-3,6,9-13H2/t18-,22?,23?,24+/m1/s1. The topological polar surface area (TPSA) is 75.3 Å². The molecule has 7 heteroatoms. The highest BCUT2D eigenvalue weighted by Gasteiger charge is 2.47. The van der Waals surface area contributed by atoms with E-state index in [-0.39, 0.29) is 11.6 Å². The van der Waals surface area contributed by atoms with Crippen LogP contribution < -0.4 is 10.6 Å². The van der Waals surface area contributed by atoms with Gasteiger partial charge in [-0.1, -0.05) is 61.5 Å². The number of unbranched alkanes of at least 4 members (excludes halogenated alkanes) is 2. The molecule has 1 aromatic rings. The summed E-state index contributed by atoms with van der Waals surface area (Å²) in [6.07, 6.45) is 7.63. The zero-order valence-corrected chi connectivity index (χ0v) is 19.8. The maximum absolute atomic E-state index is 13.1. The minimum Gasteiger partial charge on any atom is -0.302 e. The molecule has 1 aliphatic carbocycles. The van der Waals surface area contributed by atoms with E-state index >= 15 is 0 Å². The Hall–Kier alpha value is -1.67. The molecule has 2 N–H and O–H groups in total. The molecule has 0 aromatic heterocycles. The quantitative estimate of drug-likeness (QED) is 0.309. The largest absolute Gasteiger partial charge is 0.302 e. The first-order chi connectivity index (χ1) is 15.5. The lowest BCUT2D eigenvalue weighted by Gasteiger charge is -2.22. The van der Waals surface area contributed by atoms with E-state index in [0.29, 0.717) is 35.2 Å². The molecule has 2 fully saturated rings. The number of Topliss-reactive ketones (excluding diaryl/α,β-unsaturated/α-hetero) is 2. The summed E-state index contributed by atoms with van der Waals surface area (Å²) in [5.74, 6) is -0.683. The zero-order chi connectivity index (χ0) is 22.7. The molecule has 0 bridgehead atoms. The van der Waals surface area contributed by atoms with Gasteiger partial charge in [0.15, 0.2) is 5.78 Å². The predicted octanol–water partition coefficient (Wildman–Crippen LogP) is 2.60. The Morgan fingerprint density at radius 1 is 0.938 bits per heavy atom. The highest BCUT2D eigenvalue weighted by Crippen LogP contribution is 2.30. The van der Waals surface area contributed by atoms with Crippen molar-refractivity contribution in [3.8, 4) is 0 Å². The van der Waals surface area contributed by atoms with Gasteiger partial charge in [-0.25, -0.2) is 0 Å². The third-order valence-corrected chi connectivity index (χ3v) is 7.97. The van der Waals surface area contributed by atoms with Crippen molar-refractivity contribution < 1.29 is 14.4 Å². The lowest BCUT2D eigenvalue weighted by atomic mass is 9.83. The maximum atomic E-state index is 13.1. The van der Waals surface area contributed by atoms with Gasteiger partial charge < -0.3 is 15.4 Å². The monoisotopic (exact) mass is 470 g/mol. The van der Waals surface area contributed by atoms with Crippen molar-refractivity contribution in [1.29, 1.82) is 0 Å². The highest BCUT2D eigenvalue weighted by molar-refractivity contribution is 7.80. The van der Waals surface area contributed by atoms with Crippen LogP contribution in [0.4, 0.5) is 0 Å². The van der Waals surface area contributed by atoms with Crippen molar-refractivity contribution in [2.24, 2.45) is 17.8 Å². The number of thiocarbonyl (C=S) groups is 2. The van der Waals surface area contributed by atoms with Crippen molar-refractivity contribution in [3.05, 3.63) is 35.4 Å². The number of carbonyl (C=O) groups excluding carboxylic acids is 3. The maximum Gasteiger partial charge on any atom is 0.160 e. The number of benzene rings is 1.